The Balaban J connectivity index is 2.47. The molecule has 0 fully saturated rings. The molecule has 11 heavy (non-hydrogen) atoms. The second kappa shape index (κ2) is 2.94. The Morgan fingerprint density at radius 2 is 2.09 bits per heavy atom. The maximum atomic E-state index is 6.12. The van der Waals surface area contributed by atoms with E-state index >= 15 is 0 Å². The molecule has 2 atom stereocenters. The molecule has 0 nitrogen and oxygen atoms in total. The SMILES string of the molecule is ClC1Cc2ccccc2C1I. The predicted octanol–water partition coefficient (Wildman–Crippen LogP) is 3.33. The molecule has 58 valence electrons. The summed E-state index contributed by atoms with van der Waals surface area (Å²) in [4.78, 5) is 0. The van der Waals surface area contributed by atoms with E-state index in [4.69, 9.17) is 11.6 Å². The van der Waals surface area contributed by atoms with Gasteiger partial charge in [-0.15, -0.1) is 11.6 Å². The quantitative estimate of drug-likeness (QED) is 0.504. The molecule has 0 bridgehead atoms. The Morgan fingerprint density at radius 3 is 2.82 bits per heavy atom. The minimum absolute atomic E-state index is 0.299. The molecule has 0 spiro atoms. The first-order valence-corrected chi connectivity index (χ1v) is 5.33. The van der Waals surface area contributed by atoms with Gasteiger partial charge < -0.3 is 0 Å². The topological polar surface area (TPSA) is 0 Å². The average Bonchev–Trinajstić information content (AvgIpc) is 2.30. The molecule has 1 aromatic carbocycles. The van der Waals surface area contributed by atoms with Crippen LogP contribution in [-0.2, 0) is 6.42 Å². The van der Waals surface area contributed by atoms with Gasteiger partial charge in [-0.1, -0.05) is 46.9 Å². The molecule has 1 aliphatic rings. The van der Waals surface area contributed by atoms with E-state index in [1.165, 1.54) is 11.1 Å². The fourth-order valence-electron chi connectivity index (χ4n) is 1.50. The highest BCUT2D eigenvalue weighted by Gasteiger charge is 2.27. The van der Waals surface area contributed by atoms with E-state index in [9.17, 15) is 0 Å². The number of fused-ring (bicyclic) bond motifs is 1. The summed E-state index contributed by atoms with van der Waals surface area (Å²) in [6, 6.07) is 8.51. The number of hydrogen-bond acceptors (Lipinski definition) is 0. The van der Waals surface area contributed by atoms with Crippen molar-refractivity contribution in [1.82, 2.24) is 0 Å². The number of hydrogen-bond donors (Lipinski definition) is 0. The van der Waals surface area contributed by atoms with Crippen LogP contribution in [0.5, 0.6) is 0 Å². The summed E-state index contributed by atoms with van der Waals surface area (Å²) in [6.45, 7) is 0. The van der Waals surface area contributed by atoms with Crippen LogP contribution in [0, 0.1) is 0 Å². The van der Waals surface area contributed by atoms with E-state index < -0.39 is 0 Å². The summed E-state index contributed by atoms with van der Waals surface area (Å²) in [5.41, 5.74) is 2.85. The van der Waals surface area contributed by atoms with E-state index in [2.05, 4.69) is 46.9 Å². The van der Waals surface area contributed by atoms with Gasteiger partial charge in [-0.2, -0.15) is 0 Å². The van der Waals surface area contributed by atoms with Crippen molar-refractivity contribution >= 4 is 34.2 Å². The molecule has 0 aromatic heterocycles. The molecule has 1 aromatic rings. The fraction of sp³-hybridized carbons (Fsp3) is 0.333. The average molecular weight is 279 g/mol. The molecule has 0 saturated carbocycles. The summed E-state index contributed by atoms with van der Waals surface area (Å²) in [5.74, 6) is 0. The van der Waals surface area contributed by atoms with Gasteiger partial charge in [0, 0.05) is 0 Å². The third-order valence-electron chi connectivity index (χ3n) is 2.08. The summed E-state index contributed by atoms with van der Waals surface area (Å²) < 4.78 is 0.505. The van der Waals surface area contributed by atoms with E-state index in [0.717, 1.165) is 6.42 Å². The van der Waals surface area contributed by atoms with Gasteiger partial charge >= 0.3 is 0 Å². The van der Waals surface area contributed by atoms with Crippen molar-refractivity contribution in [2.45, 2.75) is 15.7 Å². The normalized spacial score (nSPS) is 28.5. The minimum atomic E-state index is 0.299. The van der Waals surface area contributed by atoms with E-state index in [1.807, 2.05) is 0 Å². The summed E-state index contributed by atoms with van der Waals surface area (Å²) in [5, 5.41) is 0.299. The molecular formula is C9H8ClI. The monoisotopic (exact) mass is 278 g/mol. The lowest BCUT2D eigenvalue weighted by Crippen LogP contribution is -1.97. The number of alkyl halides is 2. The molecular weight excluding hydrogens is 270 g/mol. The first-order chi connectivity index (χ1) is 5.29. The largest absolute Gasteiger partial charge is 0.121 e. The Hall–Kier alpha value is 0.240. The van der Waals surface area contributed by atoms with Gasteiger partial charge in [0.2, 0.25) is 0 Å². The van der Waals surface area contributed by atoms with Crippen molar-refractivity contribution in [3.63, 3.8) is 0 Å². The van der Waals surface area contributed by atoms with Crippen LogP contribution in [0.3, 0.4) is 0 Å². The molecule has 0 aliphatic heterocycles. The highest BCUT2D eigenvalue weighted by molar-refractivity contribution is 14.1. The number of rotatable bonds is 0. The lowest BCUT2D eigenvalue weighted by molar-refractivity contribution is 0.927. The standard InChI is InChI=1S/C9H8ClI/c10-8-5-6-3-1-2-4-7(6)9(8)11/h1-4,8-9H,5H2. The van der Waals surface area contributed by atoms with Gasteiger partial charge in [-0.3, -0.25) is 0 Å². The first kappa shape index (κ1) is 7.87. The van der Waals surface area contributed by atoms with Crippen LogP contribution in [0.1, 0.15) is 15.1 Å². The van der Waals surface area contributed by atoms with Gasteiger partial charge in [-0.25, -0.2) is 0 Å². The van der Waals surface area contributed by atoms with Crippen molar-refractivity contribution in [3.8, 4) is 0 Å². The van der Waals surface area contributed by atoms with Crippen LogP contribution in [-0.4, -0.2) is 5.38 Å². The molecule has 0 amide bonds. The highest BCUT2D eigenvalue weighted by atomic mass is 127. The Morgan fingerprint density at radius 1 is 1.36 bits per heavy atom. The van der Waals surface area contributed by atoms with Gasteiger partial charge in [0.25, 0.3) is 0 Å². The van der Waals surface area contributed by atoms with Crippen molar-refractivity contribution in [2.75, 3.05) is 0 Å². The fourth-order valence-corrected chi connectivity index (χ4v) is 2.66. The van der Waals surface area contributed by atoms with Gasteiger partial charge in [0.15, 0.2) is 0 Å². The second-order valence-electron chi connectivity index (χ2n) is 2.82. The van der Waals surface area contributed by atoms with E-state index in [0.29, 0.717) is 9.30 Å². The van der Waals surface area contributed by atoms with E-state index in [1.54, 1.807) is 0 Å². The van der Waals surface area contributed by atoms with Gasteiger partial charge in [0.05, 0.1) is 9.30 Å². The maximum Gasteiger partial charge on any atom is 0.0535 e. The zero-order valence-corrected chi connectivity index (χ0v) is 8.84. The van der Waals surface area contributed by atoms with Crippen LogP contribution >= 0.6 is 34.2 Å². The molecule has 2 rings (SSSR count). The van der Waals surface area contributed by atoms with Crippen molar-refractivity contribution in [2.24, 2.45) is 0 Å². The zero-order chi connectivity index (χ0) is 7.84. The molecule has 2 unspecified atom stereocenters. The molecule has 0 heterocycles. The van der Waals surface area contributed by atoms with Crippen molar-refractivity contribution in [1.29, 1.82) is 0 Å². The molecule has 1 aliphatic carbocycles. The number of halogens is 2. The summed E-state index contributed by atoms with van der Waals surface area (Å²) in [6.07, 6.45) is 1.03. The summed E-state index contributed by atoms with van der Waals surface area (Å²) in [7, 11) is 0. The molecule has 0 saturated heterocycles. The Kier molecular flexibility index (Phi) is 2.10. The van der Waals surface area contributed by atoms with Crippen LogP contribution in [0.15, 0.2) is 24.3 Å². The second-order valence-corrected chi connectivity index (χ2v) is 4.72. The summed E-state index contributed by atoms with van der Waals surface area (Å²) >= 11 is 8.54. The first-order valence-electron chi connectivity index (χ1n) is 3.65. The lowest BCUT2D eigenvalue weighted by Gasteiger charge is -2.04. The van der Waals surface area contributed by atoms with Crippen LogP contribution in [0.2, 0.25) is 0 Å². The third-order valence-corrected chi connectivity index (χ3v) is 4.46. The molecule has 2 heteroatoms. The van der Waals surface area contributed by atoms with Gasteiger partial charge in [-0.05, 0) is 17.5 Å². The lowest BCUT2D eigenvalue weighted by atomic mass is 10.1. The highest BCUT2D eigenvalue weighted by Crippen LogP contribution is 2.40. The Labute approximate surface area is 85.1 Å². The molecule has 0 radical (unpaired) electrons. The predicted molar refractivity (Wildman–Crippen MR) is 56.5 cm³/mol. The van der Waals surface area contributed by atoms with Crippen LogP contribution < -0.4 is 0 Å². The van der Waals surface area contributed by atoms with Gasteiger partial charge in [0.1, 0.15) is 0 Å². The number of benzene rings is 1. The molecule has 0 N–H and O–H groups in total. The van der Waals surface area contributed by atoms with E-state index in [-0.39, 0.29) is 0 Å². The Bertz CT molecular complexity index is 272. The third kappa shape index (κ3) is 1.29. The van der Waals surface area contributed by atoms with Crippen LogP contribution in [0.4, 0.5) is 0 Å². The zero-order valence-electron chi connectivity index (χ0n) is 5.93. The minimum Gasteiger partial charge on any atom is -0.121 e. The van der Waals surface area contributed by atoms with Crippen molar-refractivity contribution < 1.29 is 0 Å². The van der Waals surface area contributed by atoms with Crippen LogP contribution in [0.25, 0.3) is 0 Å². The smallest absolute Gasteiger partial charge is 0.0535 e. The van der Waals surface area contributed by atoms with Crippen molar-refractivity contribution in [3.05, 3.63) is 35.4 Å². The maximum absolute atomic E-state index is 6.12.